The predicted molar refractivity (Wildman–Crippen MR) is 89.4 cm³/mol. The number of rotatable bonds is 3. The Morgan fingerprint density at radius 3 is 1.82 bits per heavy atom. The molecule has 22 heavy (non-hydrogen) atoms. The van der Waals surface area contributed by atoms with E-state index in [0.29, 0.717) is 0 Å². The van der Waals surface area contributed by atoms with Crippen molar-refractivity contribution in [3.05, 3.63) is 101 Å². The maximum Gasteiger partial charge on any atom is 0.146 e. The fourth-order valence-electron chi connectivity index (χ4n) is 2.86. The van der Waals surface area contributed by atoms with Gasteiger partial charge in [-0.15, -0.1) is 0 Å². The van der Waals surface area contributed by atoms with E-state index in [1.807, 2.05) is 49.4 Å². The minimum absolute atomic E-state index is 0.0724. The standard InChI is InChI=1S/C20H18FN/c1-14-12-17(20(22)18(21)13-14)19(15-8-4-2-5-9-15)16-10-6-3-7-11-16/h2-13,19H,22H2,1H3. The zero-order chi connectivity index (χ0) is 15.5. The lowest BCUT2D eigenvalue weighted by atomic mass is 9.83. The van der Waals surface area contributed by atoms with Gasteiger partial charge in [0.05, 0.1) is 5.69 Å². The Morgan fingerprint density at radius 1 is 0.818 bits per heavy atom. The van der Waals surface area contributed by atoms with Gasteiger partial charge in [-0.05, 0) is 35.2 Å². The molecule has 2 heteroatoms. The van der Waals surface area contributed by atoms with Crippen LogP contribution in [-0.4, -0.2) is 0 Å². The highest BCUT2D eigenvalue weighted by molar-refractivity contribution is 5.58. The van der Waals surface area contributed by atoms with Crippen molar-refractivity contribution in [3.8, 4) is 0 Å². The number of nitrogens with two attached hydrogens (primary N) is 1. The molecule has 0 spiro atoms. The third-order valence-corrected chi connectivity index (χ3v) is 3.88. The molecule has 0 saturated heterocycles. The number of halogens is 1. The van der Waals surface area contributed by atoms with Gasteiger partial charge in [0.2, 0.25) is 0 Å². The highest BCUT2D eigenvalue weighted by Crippen LogP contribution is 2.36. The number of hydrogen-bond acceptors (Lipinski definition) is 1. The van der Waals surface area contributed by atoms with E-state index in [1.54, 1.807) is 0 Å². The van der Waals surface area contributed by atoms with Crippen molar-refractivity contribution in [2.45, 2.75) is 12.8 Å². The van der Waals surface area contributed by atoms with Gasteiger partial charge < -0.3 is 5.73 Å². The largest absolute Gasteiger partial charge is 0.396 e. The summed E-state index contributed by atoms with van der Waals surface area (Å²) >= 11 is 0. The zero-order valence-corrected chi connectivity index (χ0v) is 12.5. The van der Waals surface area contributed by atoms with Gasteiger partial charge >= 0.3 is 0 Å². The Balaban J connectivity index is 2.23. The molecule has 0 aliphatic rings. The molecule has 110 valence electrons. The number of hydrogen-bond donors (Lipinski definition) is 1. The van der Waals surface area contributed by atoms with Crippen molar-refractivity contribution in [2.75, 3.05) is 5.73 Å². The van der Waals surface area contributed by atoms with Crippen LogP contribution >= 0.6 is 0 Å². The molecule has 0 amide bonds. The van der Waals surface area contributed by atoms with Gasteiger partial charge in [0.1, 0.15) is 5.82 Å². The van der Waals surface area contributed by atoms with Gasteiger partial charge in [-0.1, -0.05) is 66.7 Å². The van der Waals surface area contributed by atoms with Crippen LogP contribution in [0.3, 0.4) is 0 Å². The molecule has 3 aromatic rings. The summed E-state index contributed by atoms with van der Waals surface area (Å²) in [5, 5.41) is 0. The lowest BCUT2D eigenvalue weighted by molar-refractivity contribution is 0.629. The van der Waals surface area contributed by atoms with Crippen LogP contribution in [0.15, 0.2) is 72.8 Å². The second-order valence-corrected chi connectivity index (χ2v) is 5.50. The third-order valence-electron chi connectivity index (χ3n) is 3.88. The first-order valence-corrected chi connectivity index (χ1v) is 7.32. The lowest BCUT2D eigenvalue weighted by Crippen LogP contribution is -2.08. The van der Waals surface area contributed by atoms with Crippen LogP contribution in [0.4, 0.5) is 10.1 Å². The first-order chi connectivity index (χ1) is 10.7. The van der Waals surface area contributed by atoms with E-state index >= 15 is 0 Å². The summed E-state index contributed by atoms with van der Waals surface area (Å²) in [6, 6.07) is 23.6. The summed E-state index contributed by atoms with van der Waals surface area (Å²) < 4.78 is 14.1. The maximum absolute atomic E-state index is 14.1. The van der Waals surface area contributed by atoms with E-state index in [1.165, 1.54) is 6.07 Å². The molecule has 0 aliphatic carbocycles. The van der Waals surface area contributed by atoms with E-state index in [0.717, 1.165) is 22.3 Å². The van der Waals surface area contributed by atoms with Gasteiger partial charge in [0.15, 0.2) is 0 Å². The van der Waals surface area contributed by atoms with Crippen LogP contribution in [0.25, 0.3) is 0 Å². The van der Waals surface area contributed by atoms with Crippen molar-refractivity contribution in [3.63, 3.8) is 0 Å². The van der Waals surface area contributed by atoms with Gasteiger partial charge in [0.25, 0.3) is 0 Å². The fraction of sp³-hybridized carbons (Fsp3) is 0.100. The molecule has 0 aromatic heterocycles. The normalized spacial score (nSPS) is 10.9. The Hall–Kier alpha value is -2.61. The molecular weight excluding hydrogens is 273 g/mol. The Bertz CT molecular complexity index is 727. The monoisotopic (exact) mass is 291 g/mol. The lowest BCUT2D eigenvalue weighted by Gasteiger charge is -2.21. The molecule has 0 fully saturated rings. The molecule has 0 unspecified atom stereocenters. The zero-order valence-electron chi connectivity index (χ0n) is 12.5. The number of aryl methyl sites for hydroxylation is 1. The molecular formula is C20H18FN. The third kappa shape index (κ3) is 2.73. The molecule has 0 heterocycles. The van der Waals surface area contributed by atoms with E-state index in [2.05, 4.69) is 24.3 Å². The SMILES string of the molecule is Cc1cc(F)c(N)c(C(c2ccccc2)c2ccccc2)c1. The molecule has 1 nitrogen and oxygen atoms in total. The molecule has 0 aliphatic heterocycles. The fourth-order valence-corrected chi connectivity index (χ4v) is 2.86. The van der Waals surface area contributed by atoms with Gasteiger partial charge in [-0.3, -0.25) is 0 Å². The van der Waals surface area contributed by atoms with Gasteiger partial charge in [0, 0.05) is 5.92 Å². The topological polar surface area (TPSA) is 26.0 Å². The van der Waals surface area contributed by atoms with Crippen LogP contribution in [0.1, 0.15) is 28.2 Å². The van der Waals surface area contributed by atoms with Crippen LogP contribution in [0.5, 0.6) is 0 Å². The molecule has 0 atom stereocenters. The number of benzene rings is 3. The molecule has 3 rings (SSSR count). The average Bonchev–Trinajstić information content (AvgIpc) is 2.54. The Morgan fingerprint density at radius 2 is 1.32 bits per heavy atom. The first kappa shape index (κ1) is 14.3. The molecule has 3 aromatic carbocycles. The van der Waals surface area contributed by atoms with Crippen molar-refractivity contribution in [1.29, 1.82) is 0 Å². The number of anilines is 1. The van der Waals surface area contributed by atoms with E-state index in [4.69, 9.17) is 5.73 Å². The summed E-state index contributed by atoms with van der Waals surface area (Å²) in [5.74, 6) is -0.427. The highest BCUT2D eigenvalue weighted by Gasteiger charge is 2.20. The van der Waals surface area contributed by atoms with Crippen molar-refractivity contribution in [1.82, 2.24) is 0 Å². The van der Waals surface area contributed by atoms with Crippen LogP contribution < -0.4 is 5.73 Å². The van der Waals surface area contributed by atoms with Crippen LogP contribution in [0, 0.1) is 12.7 Å². The smallest absolute Gasteiger partial charge is 0.146 e. The van der Waals surface area contributed by atoms with E-state index in [9.17, 15) is 4.39 Å². The van der Waals surface area contributed by atoms with Crippen molar-refractivity contribution >= 4 is 5.69 Å². The minimum Gasteiger partial charge on any atom is -0.396 e. The summed E-state index contributed by atoms with van der Waals surface area (Å²) in [6.45, 7) is 1.89. The van der Waals surface area contributed by atoms with E-state index in [-0.39, 0.29) is 17.4 Å². The molecule has 2 N–H and O–H groups in total. The molecule has 0 bridgehead atoms. The summed E-state index contributed by atoms with van der Waals surface area (Å²) in [5.41, 5.74) is 10.2. The van der Waals surface area contributed by atoms with Gasteiger partial charge in [-0.25, -0.2) is 4.39 Å². The minimum atomic E-state index is -0.355. The molecule has 0 radical (unpaired) electrons. The van der Waals surface area contributed by atoms with Crippen LogP contribution in [-0.2, 0) is 0 Å². The Labute approximate surface area is 130 Å². The summed E-state index contributed by atoms with van der Waals surface area (Å²) in [4.78, 5) is 0. The number of nitrogen functional groups attached to an aromatic ring is 1. The van der Waals surface area contributed by atoms with E-state index < -0.39 is 0 Å². The maximum atomic E-state index is 14.1. The van der Waals surface area contributed by atoms with Crippen molar-refractivity contribution in [2.24, 2.45) is 0 Å². The average molecular weight is 291 g/mol. The Kier molecular flexibility index (Phi) is 3.92. The second kappa shape index (κ2) is 6.02. The first-order valence-electron chi connectivity index (χ1n) is 7.32. The molecule has 0 saturated carbocycles. The summed E-state index contributed by atoms with van der Waals surface area (Å²) in [6.07, 6.45) is 0. The predicted octanol–water partition coefficient (Wildman–Crippen LogP) is 4.90. The quantitative estimate of drug-likeness (QED) is 0.539. The van der Waals surface area contributed by atoms with Crippen molar-refractivity contribution < 1.29 is 4.39 Å². The second-order valence-electron chi connectivity index (χ2n) is 5.50. The van der Waals surface area contributed by atoms with Gasteiger partial charge in [-0.2, -0.15) is 0 Å². The van der Waals surface area contributed by atoms with Crippen LogP contribution in [0.2, 0.25) is 0 Å². The highest BCUT2D eigenvalue weighted by atomic mass is 19.1. The summed E-state index contributed by atoms with van der Waals surface area (Å²) in [7, 11) is 0.